The molecule has 0 amide bonds. The van der Waals surface area contributed by atoms with E-state index in [1.54, 1.807) is 0 Å². The molecule has 0 N–H and O–H groups in total. The fourth-order valence-electron chi connectivity index (χ4n) is 0.534. The zero-order chi connectivity index (χ0) is 8.69. The largest absolute Gasteiger partial charge is 0.312 e. The second-order valence-corrected chi connectivity index (χ2v) is 3.00. The monoisotopic (exact) mass is 391 g/mol. The van der Waals surface area contributed by atoms with Crippen LogP contribution in [-0.4, -0.2) is 26.0 Å². The number of nitrogens with zero attached hydrogens (tertiary/aromatic N) is 1. The fourth-order valence-corrected chi connectivity index (χ4v) is 0.534. The van der Waals surface area contributed by atoms with Gasteiger partial charge in [-0.3, -0.25) is 0 Å². The van der Waals surface area contributed by atoms with Crippen LogP contribution in [0.1, 0.15) is 5.56 Å². The van der Waals surface area contributed by atoms with E-state index in [4.69, 9.17) is 0 Å². The molecule has 0 unspecified atom stereocenters. The van der Waals surface area contributed by atoms with E-state index in [0.717, 1.165) is 0 Å². The van der Waals surface area contributed by atoms with E-state index in [1.165, 1.54) is 5.56 Å². The third-order valence-corrected chi connectivity index (χ3v) is 0.940. The smallest absolute Gasteiger partial charge is 0.0140 e. The van der Waals surface area contributed by atoms with Crippen molar-refractivity contribution >= 4 is 50.9 Å². The predicted molar refractivity (Wildman–Crippen MR) is 81.8 cm³/mol. The summed E-state index contributed by atoms with van der Waals surface area (Å²) in [5.74, 6) is 0. The Morgan fingerprint density at radius 2 is 1.07 bits per heavy atom. The summed E-state index contributed by atoms with van der Waals surface area (Å²) in [4.78, 5) is 2.00. The molecule has 1 rings (SSSR count). The summed E-state index contributed by atoms with van der Waals surface area (Å²) >= 11 is 0. The summed E-state index contributed by atoms with van der Waals surface area (Å²) in [6.45, 7) is 2.08. The highest BCUT2D eigenvalue weighted by Crippen LogP contribution is 1.92. The average molecular weight is 394 g/mol. The van der Waals surface area contributed by atoms with Crippen molar-refractivity contribution in [2.45, 2.75) is 6.92 Å². The molecular formula is C10H20Br3N. The third-order valence-electron chi connectivity index (χ3n) is 0.940. The minimum Gasteiger partial charge on any atom is -0.312 e. The van der Waals surface area contributed by atoms with E-state index in [2.05, 4.69) is 19.1 Å². The van der Waals surface area contributed by atoms with Crippen molar-refractivity contribution in [1.82, 2.24) is 4.90 Å². The van der Waals surface area contributed by atoms with Gasteiger partial charge in [-0.05, 0) is 28.1 Å². The van der Waals surface area contributed by atoms with Crippen LogP contribution in [0.4, 0.5) is 0 Å². The number of benzene rings is 1. The molecule has 0 bridgehead atoms. The van der Waals surface area contributed by atoms with Crippen LogP contribution in [0, 0.1) is 6.92 Å². The van der Waals surface area contributed by atoms with Gasteiger partial charge in [0.2, 0.25) is 0 Å². The van der Waals surface area contributed by atoms with Crippen molar-refractivity contribution in [3.05, 3.63) is 35.9 Å². The van der Waals surface area contributed by atoms with Crippen molar-refractivity contribution in [2.75, 3.05) is 21.1 Å². The van der Waals surface area contributed by atoms with Crippen molar-refractivity contribution in [1.29, 1.82) is 0 Å². The van der Waals surface area contributed by atoms with Crippen molar-refractivity contribution < 1.29 is 0 Å². The number of halogens is 3. The van der Waals surface area contributed by atoms with Crippen LogP contribution < -0.4 is 0 Å². The molecule has 1 aromatic carbocycles. The Labute approximate surface area is 119 Å². The van der Waals surface area contributed by atoms with Gasteiger partial charge in [0.25, 0.3) is 0 Å². The quantitative estimate of drug-likeness (QED) is 0.646. The van der Waals surface area contributed by atoms with Gasteiger partial charge in [0.1, 0.15) is 0 Å². The first-order chi connectivity index (χ1) is 5.13. The van der Waals surface area contributed by atoms with Crippen molar-refractivity contribution in [3.63, 3.8) is 0 Å². The van der Waals surface area contributed by atoms with E-state index < -0.39 is 0 Å². The number of aryl methyl sites for hydroxylation is 1. The Hall–Kier alpha value is 0.620. The highest BCUT2D eigenvalue weighted by Gasteiger charge is 1.72. The van der Waals surface area contributed by atoms with Gasteiger partial charge < -0.3 is 4.90 Å². The summed E-state index contributed by atoms with van der Waals surface area (Å²) < 4.78 is 0. The lowest BCUT2D eigenvalue weighted by Gasteiger charge is -1.90. The van der Waals surface area contributed by atoms with Gasteiger partial charge in [0.15, 0.2) is 0 Å². The van der Waals surface area contributed by atoms with Crippen LogP contribution in [-0.2, 0) is 0 Å². The second kappa shape index (κ2) is 16.1. The Bertz CT molecular complexity index is 175. The SMILES string of the molecule is Br.Br.Br.CN(C)C.Cc1ccccc1. The molecule has 0 saturated heterocycles. The van der Waals surface area contributed by atoms with Crippen LogP contribution in [0.5, 0.6) is 0 Å². The Morgan fingerprint density at radius 3 is 1.21 bits per heavy atom. The van der Waals surface area contributed by atoms with Gasteiger partial charge in [0, 0.05) is 0 Å². The third kappa shape index (κ3) is 22.9. The highest BCUT2D eigenvalue weighted by atomic mass is 79.9. The maximum atomic E-state index is 2.08. The predicted octanol–water partition coefficient (Wildman–Crippen LogP) is 3.91. The lowest BCUT2D eigenvalue weighted by Crippen LogP contribution is -1.99. The maximum absolute atomic E-state index is 2.08. The summed E-state index contributed by atoms with van der Waals surface area (Å²) in [5.41, 5.74) is 1.32. The van der Waals surface area contributed by atoms with Gasteiger partial charge in [0.05, 0.1) is 0 Å². The lowest BCUT2D eigenvalue weighted by atomic mass is 10.2. The van der Waals surface area contributed by atoms with E-state index in [9.17, 15) is 0 Å². The Kier molecular flexibility index (Phi) is 27.6. The molecule has 4 heteroatoms. The lowest BCUT2D eigenvalue weighted by molar-refractivity contribution is 0.505. The molecule has 1 aromatic rings. The summed E-state index contributed by atoms with van der Waals surface area (Å²) in [5, 5.41) is 0. The van der Waals surface area contributed by atoms with E-state index >= 15 is 0 Å². The topological polar surface area (TPSA) is 3.24 Å². The molecule has 0 radical (unpaired) electrons. The Balaban J connectivity index is -0.0000000650. The molecular weight excluding hydrogens is 374 g/mol. The highest BCUT2D eigenvalue weighted by molar-refractivity contribution is 8.93. The molecule has 0 saturated carbocycles. The second-order valence-electron chi connectivity index (χ2n) is 3.00. The van der Waals surface area contributed by atoms with Gasteiger partial charge in [-0.2, -0.15) is 0 Å². The van der Waals surface area contributed by atoms with Gasteiger partial charge in [-0.25, -0.2) is 0 Å². The van der Waals surface area contributed by atoms with E-state index in [1.807, 2.05) is 44.2 Å². The summed E-state index contributed by atoms with van der Waals surface area (Å²) in [6, 6.07) is 10.3. The molecule has 0 fully saturated rings. The van der Waals surface area contributed by atoms with Gasteiger partial charge in [-0.1, -0.05) is 35.9 Å². The van der Waals surface area contributed by atoms with Crippen LogP contribution in [0.25, 0.3) is 0 Å². The molecule has 0 aliphatic rings. The van der Waals surface area contributed by atoms with Crippen LogP contribution in [0.3, 0.4) is 0 Å². The van der Waals surface area contributed by atoms with Crippen LogP contribution in [0.2, 0.25) is 0 Å². The van der Waals surface area contributed by atoms with Gasteiger partial charge in [-0.15, -0.1) is 50.9 Å². The van der Waals surface area contributed by atoms with Gasteiger partial charge >= 0.3 is 0 Å². The molecule has 0 aromatic heterocycles. The molecule has 86 valence electrons. The maximum Gasteiger partial charge on any atom is -0.0140 e. The minimum atomic E-state index is 0. The fraction of sp³-hybridized carbons (Fsp3) is 0.400. The molecule has 0 aliphatic carbocycles. The molecule has 14 heavy (non-hydrogen) atoms. The average Bonchev–Trinajstić information content (AvgIpc) is 1.87. The number of rotatable bonds is 0. The number of hydrogen-bond donors (Lipinski definition) is 0. The normalized spacial score (nSPS) is 6.93. The van der Waals surface area contributed by atoms with Crippen LogP contribution in [0.15, 0.2) is 30.3 Å². The van der Waals surface area contributed by atoms with Crippen molar-refractivity contribution in [3.8, 4) is 0 Å². The molecule has 0 atom stereocenters. The standard InChI is InChI=1S/C7H8.C3H9N.3BrH/c1-7-5-3-2-4-6-7;1-4(2)3;;;/h2-6H,1H3;1-3H3;3*1H. The first-order valence-electron chi connectivity index (χ1n) is 3.75. The van der Waals surface area contributed by atoms with Crippen LogP contribution >= 0.6 is 50.9 Å². The zero-order valence-corrected chi connectivity index (χ0v) is 14.2. The number of hydrogen-bond acceptors (Lipinski definition) is 1. The molecule has 0 aliphatic heterocycles. The first kappa shape index (κ1) is 24.0. The Morgan fingerprint density at radius 1 is 0.786 bits per heavy atom. The summed E-state index contributed by atoms with van der Waals surface area (Å²) in [7, 11) is 6.00. The van der Waals surface area contributed by atoms with E-state index in [-0.39, 0.29) is 50.9 Å². The minimum absolute atomic E-state index is 0. The zero-order valence-electron chi connectivity index (χ0n) is 9.06. The first-order valence-corrected chi connectivity index (χ1v) is 3.75. The van der Waals surface area contributed by atoms with Crippen molar-refractivity contribution in [2.24, 2.45) is 0 Å². The van der Waals surface area contributed by atoms with E-state index in [0.29, 0.717) is 0 Å². The summed E-state index contributed by atoms with van der Waals surface area (Å²) in [6.07, 6.45) is 0. The molecule has 1 nitrogen and oxygen atoms in total. The molecule has 0 heterocycles. The molecule has 0 spiro atoms.